The van der Waals surface area contributed by atoms with E-state index in [2.05, 4.69) is 5.32 Å². The van der Waals surface area contributed by atoms with E-state index in [1.54, 1.807) is 36.4 Å². The summed E-state index contributed by atoms with van der Waals surface area (Å²) in [5.74, 6) is -2.88. The number of hydrogen-bond acceptors (Lipinski definition) is 4. The molecule has 2 amide bonds. The molecule has 0 spiro atoms. The van der Waals surface area contributed by atoms with E-state index in [4.69, 9.17) is 4.74 Å². The number of hydrogen-bond donors (Lipinski definition) is 1. The predicted octanol–water partition coefficient (Wildman–Crippen LogP) is 5.07. The molecule has 1 N–H and O–H groups in total. The van der Waals surface area contributed by atoms with Crippen molar-refractivity contribution in [3.05, 3.63) is 95.2 Å². The Balaban J connectivity index is 1.81. The zero-order chi connectivity index (χ0) is 22.8. The second-order valence-electron chi connectivity index (χ2n) is 7.19. The first-order valence-electron chi connectivity index (χ1n) is 10.0. The maximum Gasteiger partial charge on any atom is 0.282 e. The van der Waals surface area contributed by atoms with Crippen molar-refractivity contribution in [1.29, 1.82) is 0 Å². The second kappa shape index (κ2) is 8.63. The third kappa shape index (κ3) is 3.85. The summed E-state index contributed by atoms with van der Waals surface area (Å²) >= 11 is 0. The first-order valence-corrected chi connectivity index (χ1v) is 10.0. The summed E-state index contributed by atoms with van der Waals surface area (Å²) in [4.78, 5) is 27.5. The average molecular weight is 434 g/mol. The third-order valence-corrected chi connectivity index (χ3v) is 5.10. The molecule has 0 saturated carbocycles. The van der Waals surface area contributed by atoms with E-state index in [1.807, 2.05) is 26.0 Å². The van der Waals surface area contributed by atoms with Crippen molar-refractivity contribution in [2.24, 2.45) is 0 Å². The van der Waals surface area contributed by atoms with Crippen molar-refractivity contribution in [2.75, 3.05) is 16.8 Å². The number of ether oxygens (including phenoxy) is 1. The van der Waals surface area contributed by atoms with Gasteiger partial charge in [0.25, 0.3) is 11.8 Å². The van der Waals surface area contributed by atoms with E-state index >= 15 is 0 Å². The largest absolute Gasteiger partial charge is 0.494 e. The highest BCUT2D eigenvalue weighted by Gasteiger charge is 2.40. The van der Waals surface area contributed by atoms with Crippen molar-refractivity contribution in [3.63, 3.8) is 0 Å². The third-order valence-electron chi connectivity index (χ3n) is 5.10. The standard InChI is InChI=1S/C25H20F2N2O3/c1-3-32-18-11-8-16(9-12-18)22-23(28-21-7-5-4-6-15(21)2)25(31)29(24(22)30)17-10-13-19(26)20(27)14-17/h4-14,28H,3H2,1-2H3. The quantitative estimate of drug-likeness (QED) is 0.551. The molecule has 4 rings (SSSR count). The van der Waals surface area contributed by atoms with Gasteiger partial charge >= 0.3 is 0 Å². The predicted molar refractivity (Wildman–Crippen MR) is 118 cm³/mol. The number of para-hydroxylation sites is 1. The Labute approximate surface area is 183 Å². The molecular formula is C25H20F2N2O3. The maximum atomic E-state index is 13.9. The van der Waals surface area contributed by atoms with E-state index in [-0.39, 0.29) is 17.0 Å². The van der Waals surface area contributed by atoms with Crippen molar-refractivity contribution < 1.29 is 23.1 Å². The molecule has 162 valence electrons. The zero-order valence-electron chi connectivity index (χ0n) is 17.5. The SMILES string of the molecule is CCOc1ccc(C2=C(Nc3ccccc3C)C(=O)N(c3ccc(F)c(F)c3)C2=O)cc1. The first-order chi connectivity index (χ1) is 15.4. The van der Waals surface area contributed by atoms with Crippen LogP contribution in [0.5, 0.6) is 5.75 Å². The van der Waals surface area contributed by atoms with E-state index in [0.29, 0.717) is 23.6 Å². The highest BCUT2D eigenvalue weighted by atomic mass is 19.2. The molecule has 1 aliphatic rings. The van der Waals surface area contributed by atoms with Gasteiger partial charge in [0.05, 0.1) is 17.9 Å². The lowest BCUT2D eigenvalue weighted by atomic mass is 10.0. The van der Waals surface area contributed by atoms with Crippen LogP contribution in [0.4, 0.5) is 20.2 Å². The molecule has 0 aliphatic carbocycles. The molecule has 0 atom stereocenters. The van der Waals surface area contributed by atoms with Gasteiger partial charge in [-0.25, -0.2) is 13.7 Å². The summed E-state index contributed by atoms with van der Waals surface area (Å²) in [7, 11) is 0. The van der Waals surface area contributed by atoms with E-state index in [9.17, 15) is 18.4 Å². The number of benzene rings is 3. The molecule has 3 aromatic carbocycles. The van der Waals surface area contributed by atoms with E-state index in [1.165, 1.54) is 6.07 Å². The van der Waals surface area contributed by atoms with Crippen LogP contribution in [0, 0.1) is 18.6 Å². The fraction of sp³-hybridized carbons (Fsp3) is 0.120. The minimum Gasteiger partial charge on any atom is -0.494 e. The summed E-state index contributed by atoms with van der Waals surface area (Å²) in [6.45, 7) is 4.22. The molecule has 0 unspecified atom stereocenters. The van der Waals surface area contributed by atoms with Gasteiger partial charge in [0.2, 0.25) is 0 Å². The Hall–Kier alpha value is -4.00. The Kier molecular flexibility index (Phi) is 5.73. The van der Waals surface area contributed by atoms with Crippen molar-refractivity contribution in [3.8, 4) is 5.75 Å². The molecule has 32 heavy (non-hydrogen) atoms. The normalized spacial score (nSPS) is 13.7. The molecule has 1 aliphatic heterocycles. The lowest BCUT2D eigenvalue weighted by Gasteiger charge is -2.16. The van der Waals surface area contributed by atoms with Crippen LogP contribution in [-0.2, 0) is 9.59 Å². The van der Waals surface area contributed by atoms with E-state index in [0.717, 1.165) is 22.6 Å². The van der Waals surface area contributed by atoms with Gasteiger partial charge in [-0.05, 0) is 55.3 Å². The highest BCUT2D eigenvalue weighted by Crippen LogP contribution is 2.35. The van der Waals surface area contributed by atoms with Crippen LogP contribution in [0.25, 0.3) is 5.57 Å². The van der Waals surface area contributed by atoms with E-state index < -0.39 is 23.4 Å². The number of halogens is 2. The molecule has 1 heterocycles. The Bertz CT molecular complexity index is 1240. The Morgan fingerprint density at radius 2 is 1.62 bits per heavy atom. The molecule has 0 radical (unpaired) electrons. The zero-order valence-corrected chi connectivity index (χ0v) is 17.5. The summed E-state index contributed by atoms with van der Waals surface area (Å²) in [5.41, 5.74) is 2.15. The molecule has 3 aromatic rings. The summed E-state index contributed by atoms with van der Waals surface area (Å²) < 4.78 is 32.7. The molecule has 7 heteroatoms. The van der Waals surface area contributed by atoms with Crippen LogP contribution in [0.1, 0.15) is 18.1 Å². The number of nitrogens with zero attached hydrogens (tertiary/aromatic N) is 1. The molecular weight excluding hydrogens is 414 g/mol. The Morgan fingerprint density at radius 1 is 0.906 bits per heavy atom. The number of anilines is 2. The van der Waals surface area contributed by atoms with Crippen LogP contribution in [0.3, 0.4) is 0 Å². The fourth-order valence-corrected chi connectivity index (χ4v) is 3.50. The van der Waals surface area contributed by atoms with Crippen molar-refractivity contribution in [2.45, 2.75) is 13.8 Å². The number of carbonyl (C=O) groups is 2. The fourth-order valence-electron chi connectivity index (χ4n) is 3.50. The van der Waals surface area contributed by atoms with Crippen LogP contribution >= 0.6 is 0 Å². The molecule has 0 fully saturated rings. The molecule has 0 bridgehead atoms. The van der Waals surface area contributed by atoms with Gasteiger partial charge in [-0.2, -0.15) is 0 Å². The minimum atomic E-state index is -1.15. The summed E-state index contributed by atoms with van der Waals surface area (Å²) in [6, 6.07) is 17.0. The monoisotopic (exact) mass is 434 g/mol. The molecule has 0 saturated heterocycles. The number of rotatable bonds is 6. The highest BCUT2D eigenvalue weighted by molar-refractivity contribution is 6.46. The van der Waals surface area contributed by atoms with Gasteiger partial charge in [0.1, 0.15) is 11.4 Å². The van der Waals surface area contributed by atoms with Crippen molar-refractivity contribution >= 4 is 28.8 Å². The van der Waals surface area contributed by atoms with Crippen LogP contribution < -0.4 is 15.0 Å². The van der Waals surface area contributed by atoms with Gasteiger partial charge in [0.15, 0.2) is 11.6 Å². The number of nitrogens with one attached hydrogen (secondary N) is 1. The first kappa shape index (κ1) is 21.2. The number of carbonyl (C=O) groups excluding carboxylic acids is 2. The van der Waals surface area contributed by atoms with Gasteiger partial charge in [-0.15, -0.1) is 0 Å². The lowest BCUT2D eigenvalue weighted by Crippen LogP contribution is -2.32. The topological polar surface area (TPSA) is 58.6 Å². The second-order valence-corrected chi connectivity index (χ2v) is 7.19. The van der Waals surface area contributed by atoms with Gasteiger partial charge in [-0.3, -0.25) is 9.59 Å². The van der Waals surface area contributed by atoms with Crippen molar-refractivity contribution in [1.82, 2.24) is 0 Å². The average Bonchev–Trinajstić information content (AvgIpc) is 3.02. The summed E-state index contributed by atoms with van der Waals surface area (Å²) in [5, 5.41) is 3.07. The lowest BCUT2D eigenvalue weighted by molar-refractivity contribution is -0.120. The summed E-state index contributed by atoms with van der Waals surface area (Å²) in [6.07, 6.45) is 0. The number of aryl methyl sites for hydroxylation is 1. The van der Waals surface area contributed by atoms with Gasteiger partial charge < -0.3 is 10.1 Å². The number of imide groups is 1. The van der Waals surface area contributed by atoms with Crippen LogP contribution in [-0.4, -0.2) is 18.4 Å². The van der Waals surface area contributed by atoms with Gasteiger partial charge in [-0.1, -0.05) is 30.3 Å². The molecule has 5 nitrogen and oxygen atoms in total. The molecule has 0 aromatic heterocycles. The smallest absolute Gasteiger partial charge is 0.282 e. The van der Waals surface area contributed by atoms with Gasteiger partial charge in [0, 0.05) is 11.8 Å². The van der Waals surface area contributed by atoms with Crippen LogP contribution in [0.15, 0.2) is 72.4 Å². The van der Waals surface area contributed by atoms with Crippen LogP contribution in [0.2, 0.25) is 0 Å². The number of amides is 2. The minimum absolute atomic E-state index is 0.0519. The maximum absolute atomic E-state index is 13.9. The Morgan fingerprint density at radius 3 is 2.28 bits per heavy atom.